The number of carbonyl (C=O) groups is 1. The first-order chi connectivity index (χ1) is 24.9. The third-order valence-electron chi connectivity index (χ3n) is 8.42. The van der Waals surface area contributed by atoms with Crippen molar-refractivity contribution in [3.8, 4) is 28.7 Å². The fraction of sp³-hybridized carbons (Fsp3) is 0.211. The summed E-state index contributed by atoms with van der Waals surface area (Å²) in [5, 5.41) is 3.12. The lowest BCUT2D eigenvalue weighted by molar-refractivity contribution is 0.0357. The summed E-state index contributed by atoms with van der Waals surface area (Å²) in [7, 11) is 1.54. The van der Waals surface area contributed by atoms with Crippen LogP contribution < -0.4 is 25.1 Å². The summed E-state index contributed by atoms with van der Waals surface area (Å²) in [4.78, 5) is 38.0. The average Bonchev–Trinajstić information content (AvgIpc) is 3.14. The van der Waals surface area contributed by atoms with Crippen LogP contribution >= 0.6 is 0 Å². The second kappa shape index (κ2) is 14.9. The van der Waals surface area contributed by atoms with Gasteiger partial charge in [-0.05, 0) is 61.0 Å². The first-order valence-electron chi connectivity index (χ1n) is 16.3. The van der Waals surface area contributed by atoms with Crippen LogP contribution in [-0.4, -0.2) is 71.9 Å². The van der Waals surface area contributed by atoms with Gasteiger partial charge in [0.2, 0.25) is 0 Å². The van der Waals surface area contributed by atoms with Crippen molar-refractivity contribution in [2.45, 2.75) is 6.42 Å². The molecule has 1 saturated heterocycles. The van der Waals surface area contributed by atoms with Crippen molar-refractivity contribution in [3.63, 3.8) is 0 Å². The Balaban J connectivity index is 1.08. The summed E-state index contributed by atoms with van der Waals surface area (Å²) in [6, 6.07) is 21.1. The van der Waals surface area contributed by atoms with Crippen LogP contribution in [0.2, 0.25) is 0 Å². The Morgan fingerprint density at radius 1 is 0.902 bits per heavy atom. The molecule has 0 aliphatic carbocycles. The number of ether oxygens (including phenoxy) is 4. The fourth-order valence-corrected chi connectivity index (χ4v) is 5.91. The van der Waals surface area contributed by atoms with E-state index in [1.165, 1.54) is 42.0 Å². The summed E-state index contributed by atoms with van der Waals surface area (Å²) in [5.74, 6) is -0.960. The normalized spacial score (nSPS) is 13.3. The summed E-state index contributed by atoms with van der Waals surface area (Å²) in [5.41, 5.74) is 0.368. The number of anilines is 1. The zero-order chi connectivity index (χ0) is 35.3. The number of para-hydroxylation sites is 2. The lowest BCUT2D eigenvalue weighted by Gasteiger charge is -2.26. The monoisotopic (exact) mass is 693 g/mol. The van der Waals surface area contributed by atoms with Gasteiger partial charge in [-0.25, -0.2) is 13.8 Å². The van der Waals surface area contributed by atoms with Crippen LogP contribution in [0.1, 0.15) is 16.9 Å². The van der Waals surface area contributed by atoms with Gasteiger partial charge < -0.3 is 24.3 Å². The number of hydrogen-bond donors (Lipinski definition) is 1. The number of amides is 1. The summed E-state index contributed by atoms with van der Waals surface area (Å²) in [6.07, 6.45) is 2.38. The van der Waals surface area contributed by atoms with Crippen molar-refractivity contribution in [3.05, 3.63) is 119 Å². The molecule has 1 aliphatic heterocycles. The number of rotatable bonds is 11. The quantitative estimate of drug-likeness (QED) is 0.155. The molecular weight excluding hydrogens is 660 g/mol. The van der Waals surface area contributed by atoms with Crippen molar-refractivity contribution in [2.24, 2.45) is 0 Å². The van der Waals surface area contributed by atoms with Crippen molar-refractivity contribution in [2.75, 3.05) is 51.9 Å². The van der Waals surface area contributed by atoms with E-state index in [-0.39, 0.29) is 17.1 Å². The molecule has 1 N–H and O–H groups in total. The van der Waals surface area contributed by atoms with E-state index >= 15 is 4.39 Å². The highest BCUT2D eigenvalue weighted by atomic mass is 19.1. The Morgan fingerprint density at radius 3 is 2.55 bits per heavy atom. The number of pyridine rings is 1. The van der Waals surface area contributed by atoms with E-state index in [1.807, 2.05) is 0 Å². The molecule has 0 radical (unpaired) electrons. The number of fused-ring (bicyclic) bond motifs is 2. The summed E-state index contributed by atoms with van der Waals surface area (Å²) in [6.45, 7) is 4.70. The number of carbonyl (C=O) groups excluding carboxylic acids is 1. The second-order valence-corrected chi connectivity index (χ2v) is 11.8. The van der Waals surface area contributed by atoms with Gasteiger partial charge in [-0.15, -0.1) is 0 Å². The Kier molecular flexibility index (Phi) is 9.81. The van der Waals surface area contributed by atoms with Crippen molar-refractivity contribution in [1.82, 2.24) is 19.4 Å². The van der Waals surface area contributed by atoms with Crippen molar-refractivity contribution < 1.29 is 32.5 Å². The van der Waals surface area contributed by atoms with Crippen LogP contribution in [0.25, 0.3) is 27.6 Å². The summed E-state index contributed by atoms with van der Waals surface area (Å²) < 4.78 is 53.8. The number of halogens is 2. The molecule has 1 amide bonds. The first kappa shape index (κ1) is 33.6. The molecule has 6 aromatic rings. The smallest absolute Gasteiger partial charge is 0.287 e. The molecule has 0 unspecified atom stereocenters. The Bertz CT molecular complexity index is 2290. The van der Waals surface area contributed by atoms with Gasteiger partial charge in [-0.1, -0.05) is 18.2 Å². The standard InChI is InChI=1S/C38H33F2N5O6/c1-48-34-22-27-30(23-35(34)50-17-5-14-44-15-18-49-19-16-44)41-13-12-32(27)51-33-11-10-25(21-28(33)40)42-37(46)36-38(47)45(26-7-4-6-24(39)20-26)31-9-3-2-8-29(31)43-36/h2-4,6-13,20-23H,5,14-19H2,1H3,(H,42,46). The lowest BCUT2D eigenvalue weighted by atomic mass is 10.1. The minimum absolute atomic E-state index is 0.0631. The van der Waals surface area contributed by atoms with Gasteiger partial charge >= 0.3 is 0 Å². The van der Waals surface area contributed by atoms with Crippen molar-refractivity contribution in [1.29, 1.82) is 0 Å². The number of hydrogen-bond acceptors (Lipinski definition) is 9. The third-order valence-corrected chi connectivity index (χ3v) is 8.42. The molecule has 4 aromatic carbocycles. The van der Waals surface area contributed by atoms with Gasteiger partial charge in [0.1, 0.15) is 11.6 Å². The Labute approximate surface area is 291 Å². The van der Waals surface area contributed by atoms with Gasteiger partial charge in [0, 0.05) is 49.0 Å². The molecule has 51 heavy (non-hydrogen) atoms. The van der Waals surface area contributed by atoms with E-state index in [9.17, 15) is 14.0 Å². The second-order valence-electron chi connectivity index (χ2n) is 11.8. The molecule has 3 heterocycles. The van der Waals surface area contributed by atoms with Crippen LogP contribution in [-0.2, 0) is 4.74 Å². The number of methoxy groups -OCH3 is 1. The zero-order valence-electron chi connectivity index (χ0n) is 27.6. The molecule has 0 bridgehead atoms. The van der Waals surface area contributed by atoms with E-state index in [0.717, 1.165) is 45.3 Å². The van der Waals surface area contributed by atoms with Crippen LogP contribution in [0.15, 0.2) is 95.9 Å². The molecule has 260 valence electrons. The highest BCUT2D eigenvalue weighted by Crippen LogP contribution is 2.38. The number of benzene rings is 4. The van der Waals surface area contributed by atoms with E-state index in [2.05, 4.69) is 20.2 Å². The SMILES string of the molecule is COc1cc2c(Oc3ccc(NC(=O)c4nc5ccccc5n(-c5cccc(F)c5)c4=O)cc3F)ccnc2cc1OCCCN1CCOCC1. The van der Waals surface area contributed by atoms with Crippen LogP contribution in [0.3, 0.4) is 0 Å². The lowest BCUT2D eigenvalue weighted by Crippen LogP contribution is -2.37. The minimum atomic E-state index is -0.865. The average molecular weight is 694 g/mol. The summed E-state index contributed by atoms with van der Waals surface area (Å²) >= 11 is 0. The predicted octanol–water partition coefficient (Wildman–Crippen LogP) is 6.37. The topological polar surface area (TPSA) is 117 Å². The maximum absolute atomic E-state index is 15.5. The number of aromatic nitrogens is 3. The van der Waals surface area contributed by atoms with Crippen LogP contribution in [0.5, 0.6) is 23.0 Å². The molecule has 13 heteroatoms. The number of morpholine rings is 1. The maximum atomic E-state index is 15.5. The molecule has 0 spiro atoms. The van der Waals surface area contributed by atoms with Crippen LogP contribution in [0.4, 0.5) is 14.5 Å². The van der Waals surface area contributed by atoms with Gasteiger partial charge in [-0.3, -0.25) is 24.0 Å². The molecule has 7 rings (SSSR count). The predicted molar refractivity (Wildman–Crippen MR) is 187 cm³/mol. The van der Waals surface area contributed by atoms with E-state index in [0.29, 0.717) is 45.8 Å². The Hall–Kier alpha value is -5.92. The Morgan fingerprint density at radius 2 is 1.75 bits per heavy atom. The van der Waals surface area contributed by atoms with E-state index in [4.69, 9.17) is 18.9 Å². The fourth-order valence-electron chi connectivity index (χ4n) is 5.91. The molecular formula is C38H33F2N5O6. The molecule has 1 fully saturated rings. The van der Waals surface area contributed by atoms with Gasteiger partial charge in [-0.2, -0.15) is 0 Å². The number of nitrogens with one attached hydrogen (secondary N) is 1. The molecule has 1 aliphatic rings. The molecule has 0 atom stereocenters. The van der Waals surface area contributed by atoms with Crippen LogP contribution in [0, 0.1) is 11.6 Å². The highest BCUT2D eigenvalue weighted by Gasteiger charge is 2.20. The van der Waals surface area contributed by atoms with Gasteiger partial charge in [0.05, 0.1) is 49.2 Å². The first-order valence-corrected chi connectivity index (χ1v) is 16.3. The largest absolute Gasteiger partial charge is 0.493 e. The zero-order valence-corrected chi connectivity index (χ0v) is 27.6. The molecule has 0 saturated carbocycles. The highest BCUT2D eigenvalue weighted by molar-refractivity contribution is 6.03. The molecule has 11 nitrogen and oxygen atoms in total. The van der Waals surface area contributed by atoms with Gasteiger partial charge in [0.25, 0.3) is 11.5 Å². The van der Waals surface area contributed by atoms with Gasteiger partial charge in [0.15, 0.2) is 28.8 Å². The third kappa shape index (κ3) is 7.35. The minimum Gasteiger partial charge on any atom is -0.493 e. The van der Waals surface area contributed by atoms with E-state index in [1.54, 1.807) is 54.7 Å². The number of nitrogens with zero attached hydrogens (tertiary/aromatic N) is 4. The van der Waals surface area contributed by atoms with E-state index < -0.39 is 28.8 Å². The maximum Gasteiger partial charge on any atom is 0.287 e. The molecule has 2 aromatic heterocycles. The van der Waals surface area contributed by atoms with Crippen molar-refractivity contribution >= 4 is 33.5 Å².